The molecule has 170 valence electrons. The first-order chi connectivity index (χ1) is 15.4. The van der Waals surface area contributed by atoms with Crippen molar-refractivity contribution in [3.8, 4) is 0 Å². The Morgan fingerprint density at radius 3 is 2.38 bits per heavy atom. The van der Waals surface area contributed by atoms with Gasteiger partial charge in [-0.2, -0.15) is 0 Å². The third-order valence-corrected chi connectivity index (χ3v) is 8.90. The number of hydrogen-bond donors (Lipinski definition) is 2. The molecule has 1 amide bonds. The average molecular weight is 453 g/mol. The number of carboxylic acid groups (broad SMARTS) is 1. The second kappa shape index (κ2) is 8.54. The van der Waals surface area contributed by atoms with Gasteiger partial charge in [-0.15, -0.1) is 11.3 Å². The van der Waals surface area contributed by atoms with Crippen LogP contribution in [-0.2, 0) is 0 Å². The molecule has 4 aliphatic carbocycles. The molecule has 1 aromatic carbocycles. The molecular weight excluding hydrogens is 420 g/mol. The lowest BCUT2D eigenvalue weighted by molar-refractivity contribution is -0.0559. The minimum atomic E-state index is -0.958. The van der Waals surface area contributed by atoms with Crippen molar-refractivity contribution in [2.45, 2.75) is 51.9 Å². The van der Waals surface area contributed by atoms with Crippen molar-refractivity contribution in [3.63, 3.8) is 0 Å². The van der Waals surface area contributed by atoms with E-state index in [1.54, 1.807) is 12.1 Å². The van der Waals surface area contributed by atoms with Gasteiger partial charge in [0.15, 0.2) is 0 Å². The number of nitrogens with zero attached hydrogens (tertiary/aromatic N) is 1. The van der Waals surface area contributed by atoms with Gasteiger partial charge in [0, 0.05) is 18.8 Å². The molecule has 0 radical (unpaired) electrons. The van der Waals surface area contributed by atoms with Crippen LogP contribution in [0, 0.1) is 23.2 Å². The zero-order valence-electron chi connectivity index (χ0n) is 18.7. The first kappa shape index (κ1) is 21.5. The first-order valence-corrected chi connectivity index (χ1v) is 12.8. The summed E-state index contributed by atoms with van der Waals surface area (Å²) < 4.78 is 0. The fraction of sp³-hybridized carbons (Fsp3) is 0.538. The van der Waals surface area contributed by atoms with E-state index in [9.17, 15) is 14.7 Å². The lowest BCUT2D eigenvalue weighted by Gasteiger charge is -2.57. The molecule has 0 spiro atoms. The summed E-state index contributed by atoms with van der Waals surface area (Å²) in [6.45, 7) is 3.76. The molecule has 4 bridgehead atoms. The van der Waals surface area contributed by atoms with Gasteiger partial charge in [-0.25, -0.2) is 4.79 Å². The van der Waals surface area contributed by atoms with Gasteiger partial charge >= 0.3 is 5.97 Å². The van der Waals surface area contributed by atoms with Gasteiger partial charge in [0.25, 0.3) is 5.91 Å². The SMILES string of the molecule is CCN(CCC12CC3CC(CC(C3)C1)C2)c1ccc(NC(=O)c2cccs2)cc1C(=O)O. The number of carbonyl (C=O) groups excluding carboxylic acids is 1. The van der Waals surface area contributed by atoms with Crippen LogP contribution < -0.4 is 10.2 Å². The third-order valence-electron chi connectivity index (χ3n) is 8.03. The Morgan fingerprint density at radius 1 is 1.12 bits per heavy atom. The first-order valence-electron chi connectivity index (χ1n) is 11.9. The molecule has 6 rings (SSSR count). The summed E-state index contributed by atoms with van der Waals surface area (Å²) in [7, 11) is 0. The number of anilines is 2. The van der Waals surface area contributed by atoms with Crippen molar-refractivity contribution in [3.05, 3.63) is 46.2 Å². The summed E-state index contributed by atoms with van der Waals surface area (Å²) in [6, 6.07) is 8.86. The topological polar surface area (TPSA) is 69.6 Å². The van der Waals surface area contributed by atoms with Gasteiger partial charge in [0.05, 0.1) is 16.1 Å². The number of amides is 1. The van der Waals surface area contributed by atoms with E-state index >= 15 is 0 Å². The van der Waals surface area contributed by atoms with Crippen molar-refractivity contribution >= 4 is 34.6 Å². The van der Waals surface area contributed by atoms with Crippen LogP contribution in [0.5, 0.6) is 0 Å². The Morgan fingerprint density at radius 2 is 1.81 bits per heavy atom. The Hall–Kier alpha value is -2.34. The largest absolute Gasteiger partial charge is 0.478 e. The Kier molecular flexibility index (Phi) is 5.74. The number of aromatic carboxylic acids is 1. The number of nitrogens with one attached hydrogen (secondary N) is 1. The maximum absolute atomic E-state index is 12.4. The Bertz CT molecular complexity index is 965. The second-order valence-electron chi connectivity index (χ2n) is 10.2. The molecule has 0 atom stereocenters. The fourth-order valence-corrected chi connectivity index (χ4v) is 7.70. The monoisotopic (exact) mass is 452 g/mol. The number of hydrogen-bond acceptors (Lipinski definition) is 4. The van der Waals surface area contributed by atoms with Crippen molar-refractivity contribution in [2.75, 3.05) is 23.3 Å². The van der Waals surface area contributed by atoms with Gasteiger partial charge < -0.3 is 15.3 Å². The molecule has 6 heteroatoms. The standard InChI is InChI=1S/C26H32N2O3S/c1-2-28(8-7-26-14-17-10-18(15-26)12-19(11-17)16-26)22-6-5-20(13-21(22)25(30)31)27-24(29)23-4-3-9-32-23/h3-6,9,13,17-19H,2,7-8,10-12,14-16H2,1H3,(H,27,29)(H,30,31). The number of benzene rings is 1. The molecule has 32 heavy (non-hydrogen) atoms. The van der Waals surface area contributed by atoms with Crippen LogP contribution in [0.1, 0.15) is 71.9 Å². The normalized spacial score (nSPS) is 28.0. The Balaban J connectivity index is 1.32. The van der Waals surface area contributed by atoms with Crippen molar-refractivity contribution in [2.24, 2.45) is 23.2 Å². The summed E-state index contributed by atoms with van der Waals surface area (Å²) in [4.78, 5) is 27.3. The van der Waals surface area contributed by atoms with E-state index in [1.807, 2.05) is 23.6 Å². The highest BCUT2D eigenvalue weighted by Gasteiger charge is 2.50. The molecule has 0 saturated heterocycles. The summed E-state index contributed by atoms with van der Waals surface area (Å²) >= 11 is 1.37. The Labute approximate surface area is 193 Å². The molecule has 4 fully saturated rings. The van der Waals surface area contributed by atoms with E-state index < -0.39 is 5.97 Å². The van der Waals surface area contributed by atoms with Crippen molar-refractivity contribution in [1.82, 2.24) is 0 Å². The minimum absolute atomic E-state index is 0.210. The van der Waals surface area contributed by atoms with E-state index in [4.69, 9.17) is 0 Å². The predicted octanol–water partition coefficient (Wildman–Crippen LogP) is 6.13. The van der Waals surface area contributed by atoms with Gasteiger partial charge in [-0.3, -0.25) is 4.79 Å². The van der Waals surface area contributed by atoms with Crippen LogP contribution in [0.2, 0.25) is 0 Å². The van der Waals surface area contributed by atoms with E-state index in [0.717, 1.165) is 43.0 Å². The molecule has 0 aliphatic heterocycles. The highest BCUT2D eigenvalue weighted by molar-refractivity contribution is 7.12. The maximum Gasteiger partial charge on any atom is 0.337 e. The molecule has 1 heterocycles. The van der Waals surface area contributed by atoms with Crippen LogP contribution in [0.25, 0.3) is 0 Å². The molecular formula is C26H32N2O3S. The summed E-state index contributed by atoms with van der Waals surface area (Å²) in [5.41, 5.74) is 1.99. The fourth-order valence-electron chi connectivity index (χ4n) is 7.08. The number of carbonyl (C=O) groups is 2. The summed E-state index contributed by atoms with van der Waals surface area (Å²) in [5.74, 6) is 1.62. The smallest absolute Gasteiger partial charge is 0.337 e. The minimum Gasteiger partial charge on any atom is -0.478 e. The van der Waals surface area contributed by atoms with Gasteiger partial charge in [-0.1, -0.05) is 6.07 Å². The van der Waals surface area contributed by atoms with E-state index in [2.05, 4.69) is 17.1 Å². The summed E-state index contributed by atoms with van der Waals surface area (Å²) in [6.07, 6.45) is 9.60. The molecule has 5 nitrogen and oxygen atoms in total. The highest BCUT2D eigenvalue weighted by Crippen LogP contribution is 2.61. The van der Waals surface area contributed by atoms with Crippen LogP contribution in [-0.4, -0.2) is 30.1 Å². The highest BCUT2D eigenvalue weighted by atomic mass is 32.1. The lowest BCUT2D eigenvalue weighted by Crippen LogP contribution is -2.47. The predicted molar refractivity (Wildman–Crippen MR) is 129 cm³/mol. The molecule has 2 aromatic rings. The van der Waals surface area contributed by atoms with Gasteiger partial charge in [-0.05, 0) is 105 Å². The molecule has 1 aromatic heterocycles. The van der Waals surface area contributed by atoms with Crippen LogP contribution in [0.4, 0.5) is 11.4 Å². The van der Waals surface area contributed by atoms with E-state index in [0.29, 0.717) is 16.0 Å². The number of thiophene rings is 1. The molecule has 0 unspecified atom stereocenters. The van der Waals surface area contributed by atoms with E-state index in [-0.39, 0.29) is 11.5 Å². The quantitative estimate of drug-likeness (QED) is 0.505. The zero-order chi connectivity index (χ0) is 22.3. The second-order valence-corrected chi connectivity index (χ2v) is 11.2. The lowest BCUT2D eigenvalue weighted by atomic mass is 9.49. The number of rotatable bonds is 8. The summed E-state index contributed by atoms with van der Waals surface area (Å²) in [5, 5.41) is 14.6. The molecule has 4 aliphatic rings. The zero-order valence-corrected chi connectivity index (χ0v) is 19.5. The molecule has 4 saturated carbocycles. The molecule has 2 N–H and O–H groups in total. The average Bonchev–Trinajstić information content (AvgIpc) is 3.29. The van der Waals surface area contributed by atoms with Crippen LogP contribution in [0.15, 0.2) is 35.7 Å². The van der Waals surface area contributed by atoms with Crippen LogP contribution in [0.3, 0.4) is 0 Å². The third kappa shape index (κ3) is 4.17. The van der Waals surface area contributed by atoms with Crippen molar-refractivity contribution in [1.29, 1.82) is 0 Å². The number of carboxylic acids is 1. The van der Waals surface area contributed by atoms with Gasteiger partial charge in [0.1, 0.15) is 0 Å². The van der Waals surface area contributed by atoms with E-state index in [1.165, 1.54) is 49.9 Å². The van der Waals surface area contributed by atoms with Gasteiger partial charge in [0.2, 0.25) is 0 Å². The van der Waals surface area contributed by atoms with Crippen molar-refractivity contribution < 1.29 is 14.7 Å². The van der Waals surface area contributed by atoms with Crippen LogP contribution >= 0.6 is 11.3 Å². The maximum atomic E-state index is 12.4.